The minimum atomic E-state index is -1.07. The Morgan fingerprint density at radius 1 is 1.03 bits per heavy atom. The van der Waals surface area contributed by atoms with Crippen molar-refractivity contribution in [3.8, 4) is 0 Å². The molecule has 0 radical (unpaired) electrons. The molecule has 0 aliphatic rings. The molecule has 0 spiro atoms. The van der Waals surface area contributed by atoms with E-state index in [9.17, 15) is 14.4 Å². The highest BCUT2D eigenvalue weighted by atomic mass is 32.1. The molecule has 0 unspecified atom stereocenters. The maximum atomic E-state index is 13.1. The molecule has 0 saturated carbocycles. The number of anilines is 1. The Hall–Kier alpha value is -3.11. The van der Waals surface area contributed by atoms with E-state index in [4.69, 9.17) is 22.4 Å². The number of pyridine rings is 1. The van der Waals surface area contributed by atoms with Crippen molar-refractivity contribution in [2.75, 3.05) is 11.4 Å². The van der Waals surface area contributed by atoms with Gasteiger partial charge in [-0.25, -0.2) is 9.78 Å². The molecule has 3 aromatic rings. The number of fused-ring (bicyclic) bond motifs is 1. The number of aromatic carboxylic acids is 1. The van der Waals surface area contributed by atoms with Crippen LogP contribution in [-0.2, 0) is 4.79 Å². The van der Waals surface area contributed by atoms with Gasteiger partial charge in [-0.3, -0.25) is 14.5 Å². The molecule has 8 nitrogen and oxygen atoms in total. The maximum Gasteiger partial charge on any atom is 0.335 e. The normalized spacial score (nSPS) is 10.8. The highest BCUT2D eigenvalue weighted by Crippen LogP contribution is 2.23. The number of carboxylic acids is 2. The van der Waals surface area contributed by atoms with E-state index in [2.05, 4.69) is 9.97 Å². The first-order chi connectivity index (χ1) is 13.8. The molecule has 0 saturated heterocycles. The molecular weight excluding hydrogens is 414 g/mol. The van der Waals surface area contributed by atoms with Crippen molar-refractivity contribution in [2.24, 2.45) is 0 Å². The van der Waals surface area contributed by atoms with Crippen LogP contribution in [0.1, 0.15) is 40.0 Å². The molecule has 2 aromatic heterocycles. The van der Waals surface area contributed by atoms with Gasteiger partial charge < -0.3 is 15.2 Å². The van der Waals surface area contributed by atoms with E-state index in [1.807, 2.05) is 0 Å². The molecule has 3 rings (SSSR count). The largest absolute Gasteiger partial charge is 0.481 e. The number of carbonyl (C=O) groups excluding carboxylic acids is 1. The third-order valence-corrected chi connectivity index (χ3v) is 5.34. The third-order valence-electron chi connectivity index (χ3n) is 4.19. The second-order valence-electron chi connectivity index (χ2n) is 6.23. The molecular formula is C19H17N3O5S2. The van der Waals surface area contributed by atoms with E-state index < -0.39 is 11.9 Å². The first-order valence-electron chi connectivity index (χ1n) is 8.72. The van der Waals surface area contributed by atoms with Crippen LogP contribution in [0.4, 0.5) is 5.82 Å². The van der Waals surface area contributed by atoms with E-state index in [1.54, 1.807) is 12.1 Å². The summed E-state index contributed by atoms with van der Waals surface area (Å²) in [5.41, 5.74) is 1.17. The van der Waals surface area contributed by atoms with Crippen molar-refractivity contribution in [1.82, 2.24) is 9.97 Å². The second-order valence-corrected chi connectivity index (χ2v) is 7.89. The van der Waals surface area contributed by atoms with Gasteiger partial charge in [-0.05, 0) is 61.5 Å². The number of hydrogen-bond donors (Lipinski definition) is 3. The second kappa shape index (κ2) is 8.93. The fraction of sp³-hybridized carbons (Fsp3) is 0.211. The summed E-state index contributed by atoms with van der Waals surface area (Å²) in [6.45, 7) is 0.279. The number of thiazole rings is 1. The minimum absolute atomic E-state index is 0.0149. The molecule has 0 fully saturated rings. The predicted molar refractivity (Wildman–Crippen MR) is 111 cm³/mol. The Morgan fingerprint density at radius 2 is 1.72 bits per heavy atom. The Morgan fingerprint density at radius 3 is 2.38 bits per heavy atom. The van der Waals surface area contributed by atoms with Gasteiger partial charge in [0.2, 0.25) is 0 Å². The van der Waals surface area contributed by atoms with Crippen LogP contribution in [0.15, 0.2) is 36.4 Å². The van der Waals surface area contributed by atoms with Gasteiger partial charge in [0.1, 0.15) is 10.6 Å². The number of carboxylic acid groups (broad SMARTS) is 2. The number of carbonyl (C=O) groups is 3. The SMILES string of the molecule is O=C(O)CCCCN(C(=O)c1ccc(C(=O)O)cc1)c1ccc2[nH]c(=S)sc2n1. The van der Waals surface area contributed by atoms with Gasteiger partial charge in [-0.1, -0.05) is 11.3 Å². The summed E-state index contributed by atoms with van der Waals surface area (Å²) >= 11 is 6.43. The Labute approximate surface area is 174 Å². The number of nitrogens with zero attached hydrogens (tertiary/aromatic N) is 2. The number of hydrogen-bond acceptors (Lipinski definition) is 6. The minimum Gasteiger partial charge on any atom is -0.481 e. The molecule has 29 heavy (non-hydrogen) atoms. The quantitative estimate of drug-likeness (QED) is 0.364. The van der Waals surface area contributed by atoms with Crippen LogP contribution in [0.5, 0.6) is 0 Å². The van der Waals surface area contributed by atoms with Crippen LogP contribution < -0.4 is 4.90 Å². The molecule has 0 bridgehead atoms. The van der Waals surface area contributed by atoms with Gasteiger partial charge in [-0.2, -0.15) is 0 Å². The average molecular weight is 431 g/mol. The van der Waals surface area contributed by atoms with Crippen molar-refractivity contribution in [3.63, 3.8) is 0 Å². The topological polar surface area (TPSA) is 124 Å². The summed E-state index contributed by atoms with van der Waals surface area (Å²) in [5, 5.41) is 17.9. The van der Waals surface area contributed by atoms with E-state index in [0.29, 0.717) is 33.0 Å². The first kappa shape index (κ1) is 20.6. The Kier molecular flexibility index (Phi) is 6.35. The summed E-state index contributed by atoms with van der Waals surface area (Å²) < 4.78 is 0.577. The smallest absolute Gasteiger partial charge is 0.335 e. The van der Waals surface area contributed by atoms with Crippen LogP contribution >= 0.6 is 23.6 Å². The number of H-pyrrole nitrogens is 1. The number of benzene rings is 1. The van der Waals surface area contributed by atoms with E-state index in [-0.39, 0.29) is 24.4 Å². The molecule has 0 aliphatic carbocycles. The zero-order valence-corrected chi connectivity index (χ0v) is 16.8. The monoisotopic (exact) mass is 431 g/mol. The van der Waals surface area contributed by atoms with Crippen LogP contribution in [0.2, 0.25) is 0 Å². The molecule has 0 atom stereocenters. The zero-order chi connectivity index (χ0) is 21.0. The van der Waals surface area contributed by atoms with Crippen molar-refractivity contribution >= 4 is 57.6 Å². The number of unbranched alkanes of at least 4 members (excludes halogenated alkanes) is 1. The fourth-order valence-electron chi connectivity index (χ4n) is 2.75. The van der Waals surface area contributed by atoms with Gasteiger partial charge in [0.25, 0.3) is 5.91 Å². The number of aliphatic carboxylic acids is 1. The van der Waals surface area contributed by atoms with E-state index >= 15 is 0 Å². The van der Waals surface area contributed by atoms with Crippen LogP contribution in [-0.4, -0.2) is 44.6 Å². The lowest BCUT2D eigenvalue weighted by Crippen LogP contribution is -2.32. The molecule has 150 valence electrons. The molecule has 1 aromatic carbocycles. The fourth-order valence-corrected chi connectivity index (χ4v) is 3.81. The van der Waals surface area contributed by atoms with Gasteiger partial charge in [0, 0.05) is 18.5 Å². The number of rotatable bonds is 8. The number of aromatic nitrogens is 2. The molecule has 0 aliphatic heterocycles. The molecule has 2 heterocycles. The highest BCUT2D eigenvalue weighted by molar-refractivity contribution is 7.73. The summed E-state index contributed by atoms with van der Waals surface area (Å²) in [6.07, 6.45) is 0.914. The van der Waals surface area contributed by atoms with Crippen molar-refractivity contribution in [1.29, 1.82) is 0 Å². The number of nitrogens with one attached hydrogen (secondary N) is 1. The van der Waals surface area contributed by atoms with Crippen LogP contribution in [0, 0.1) is 3.95 Å². The van der Waals surface area contributed by atoms with Gasteiger partial charge in [0.05, 0.1) is 11.1 Å². The zero-order valence-electron chi connectivity index (χ0n) is 15.1. The van der Waals surface area contributed by atoms with Crippen molar-refractivity contribution in [2.45, 2.75) is 19.3 Å². The molecule has 1 amide bonds. The predicted octanol–water partition coefficient (Wildman–Crippen LogP) is 3.95. The van der Waals surface area contributed by atoms with Crippen molar-refractivity contribution < 1.29 is 24.6 Å². The average Bonchev–Trinajstić information content (AvgIpc) is 3.06. The number of aromatic amines is 1. The Bertz CT molecular complexity index is 1120. The highest BCUT2D eigenvalue weighted by Gasteiger charge is 2.20. The van der Waals surface area contributed by atoms with E-state index in [1.165, 1.54) is 40.5 Å². The maximum absolute atomic E-state index is 13.1. The summed E-state index contributed by atoms with van der Waals surface area (Å²) in [4.78, 5) is 44.5. The summed E-state index contributed by atoms with van der Waals surface area (Å²) in [5.74, 6) is -1.89. The van der Waals surface area contributed by atoms with E-state index in [0.717, 1.165) is 5.52 Å². The first-order valence-corrected chi connectivity index (χ1v) is 9.94. The van der Waals surface area contributed by atoms with Crippen LogP contribution in [0.25, 0.3) is 10.3 Å². The third kappa shape index (κ3) is 5.04. The van der Waals surface area contributed by atoms with Gasteiger partial charge in [-0.15, -0.1) is 0 Å². The van der Waals surface area contributed by atoms with Gasteiger partial charge in [0.15, 0.2) is 3.95 Å². The summed E-state index contributed by atoms with van der Waals surface area (Å²) in [7, 11) is 0. The molecule has 3 N–H and O–H groups in total. The van der Waals surface area contributed by atoms with Crippen molar-refractivity contribution in [3.05, 3.63) is 51.5 Å². The number of amides is 1. The molecule has 10 heteroatoms. The Balaban J connectivity index is 1.89. The lowest BCUT2D eigenvalue weighted by molar-refractivity contribution is -0.137. The standard InChI is InChI=1S/C19H17N3O5S2/c23-15(24)3-1-2-10-22(14-9-8-13-16(21-14)29-19(28)20-13)17(25)11-4-6-12(7-5-11)18(26)27/h4-9H,1-3,10H2,(H,20,28)(H,23,24)(H,26,27). The summed E-state index contributed by atoms with van der Waals surface area (Å²) in [6, 6.07) is 9.12. The van der Waals surface area contributed by atoms with Crippen LogP contribution in [0.3, 0.4) is 0 Å². The lowest BCUT2D eigenvalue weighted by Gasteiger charge is -2.22. The lowest BCUT2D eigenvalue weighted by atomic mass is 10.1. The van der Waals surface area contributed by atoms with Gasteiger partial charge >= 0.3 is 11.9 Å².